The van der Waals surface area contributed by atoms with Gasteiger partial charge < -0.3 is 99.5 Å². The Kier molecular flexibility index (Phi) is 36.1. The van der Waals surface area contributed by atoms with E-state index in [-0.39, 0.29) is 41.3 Å². The van der Waals surface area contributed by atoms with Crippen LogP contribution in [0.4, 0.5) is 124 Å². The fourth-order valence-electron chi connectivity index (χ4n) is 9.13. The third-order valence-electron chi connectivity index (χ3n) is 14.2. The van der Waals surface area contributed by atoms with Gasteiger partial charge in [-0.2, -0.15) is 0 Å². The lowest BCUT2D eigenvalue weighted by atomic mass is 9.99. The van der Waals surface area contributed by atoms with Gasteiger partial charge in [0, 0.05) is 136 Å². The minimum atomic E-state index is -2.56. The molecule has 115 heavy (non-hydrogen) atoms. The molecule has 0 aliphatic rings. The van der Waals surface area contributed by atoms with E-state index < -0.39 is 103 Å². The van der Waals surface area contributed by atoms with Crippen molar-refractivity contribution >= 4 is 176 Å². The smallest absolute Gasteiger partial charge is 0.323 e. The first kappa shape index (κ1) is 89.6. The Morgan fingerprint density at radius 2 is 0.522 bits per heavy atom. The van der Waals surface area contributed by atoms with E-state index in [4.69, 9.17) is 0 Å². The maximum absolute atomic E-state index is 13.4. The second kappa shape index (κ2) is 46.4. The molecule has 10 amide bonds. The monoisotopic (exact) mass is 1740 g/mol. The molecule has 11 rings (SSSR count). The minimum absolute atomic E-state index is 0.0589. The third kappa shape index (κ3) is 32.9. The van der Waals surface area contributed by atoms with Gasteiger partial charge in [0.1, 0.15) is 11.5 Å². The summed E-state index contributed by atoms with van der Waals surface area (Å²) < 4.78 is 195. The van der Waals surface area contributed by atoms with Gasteiger partial charge in [-0.15, -0.1) is 0 Å². The van der Waals surface area contributed by atoms with Crippen LogP contribution < -0.4 is 76.8 Å². The van der Waals surface area contributed by atoms with Crippen molar-refractivity contribution in [2.75, 3.05) is 66.1 Å². The number of carbonyl (C=O) groups excluding carboxylic acids is 5. The number of amides is 10. The SMILES string of the molecule is O=C(NCc1ccccc1)Nc1ccc(NS(=O)[O-])cc1.O=C(Nc1ccc(Br)cc1)Nc1ccc(NS(=O)[O-])cc1.O=C(Nc1ccc(F)cc1)Nc1ccc(NS(=O)[O-])cc1.O=C(Nc1ccc(NS(=O)[O-])cc1)NC(c1ccccc1)c1ccccc1.O=C(Nc1ccc(NS(=O)[O-])cc1)Nc1c(F)c(F)c(F)c(F)c1F. The Hall–Kier alpha value is -12.6. The topological polar surface area (TPSA) is 466 Å². The fraction of sp³-hybridized carbons (Fsp3) is 0.0274. The van der Waals surface area contributed by atoms with Crippen molar-refractivity contribution < 1.29 is 94.1 Å². The minimum Gasteiger partial charge on any atom is -0.755 e. The quantitative estimate of drug-likeness (QED) is 0.0122. The van der Waals surface area contributed by atoms with Crippen molar-refractivity contribution in [3.05, 3.63) is 317 Å². The molecule has 42 heteroatoms. The zero-order valence-corrected chi connectivity index (χ0v) is 64.1. The van der Waals surface area contributed by atoms with Gasteiger partial charge in [0.2, 0.25) is 5.82 Å². The van der Waals surface area contributed by atoms with E-state index in [9.17, 15) is 94.1 Å². The molecule has 0 heterocycles. The molecule has 0 spiro atoms. The number of rotatable bonds is 23. The van der Waals surface area contributed by atoms with E-state index in [1.165, 1.54) is 66.0 Å². The highest BCUT2D eigenvalue weighted by Crippen LogP contribution is 2.29. The van der Waals surface area contributed by atoms with Crippen LogP contribution in [0.1, 0.15) is 22.7 Å². The maximum Gasteiger partial charge on any atom is 0.323 e. The maximum atomic E-state index is 13.4. The Labute approximate surface area is 672 Å². The standard InChI is InChI=1S/C20H19N3O3S.C14H15N3O3S.C13H12BrN3O3S.C13H8F5N3O3S.C13H12FN3O3S/c24-20(21-17-11-13-18(14-12-17)23-27(25)26)22-19(15-7-3-1-4-8-15)16-9-5-2-6-10-16;18-14(15-10-11-4-2-1-3-5-11)16-12-6-8-13(9-7-12)17-21(19)20;14-9-1-3-10(4-2-9)15-13(18)16-11-5-7-12(8-6-11)17-21(19)20;14-7-8(15)10(17)12(11(18)9(7)16)20-13(22)19-5-1-3-6(4-2-5)21-25(23)24;14-9-1-3-10(4-2-9)15-13(18)16-11-5-7-12(8-6-11)17-21(19)20/h1-14,19,23H,(H,25,26)(H2,21,22,24);1-9,17H,10H2,(H,19,20)(H2,15,16,18);1-8,17H,(H,19,20)(H2,15,16,18);1-4,21H,(H,23,24)(H2,19,20,22);1-8,17H,(H,19,20)(H2,15,16,18)/p-5. The summed E-state index contributed by atoms with van der Waals surface area (Å²) in [5, 5.41) is 25.1. The summed E-state index contributed by atoms with van der Waals surface area (Å²) in [6.45, 7) is 0.432. The average molecular weight is 1740 g/mol. The number of anilines is 13. The average Bonchev–Trinajstić information content (AvgIpc) is 0.797. The zero-order chi connectivity index (χ0) is 83.3. The van der Waals surface area contributed by atoms with E-state index in [0.717, 1.165) is 21.2 Å². The normalized spacial score (nSPS) is 11.6. The Morgan fingerprint density at radius 3 is 0.817 bits per heavy atom. The highest BCUT2D eigenvalue weighted by atomic mass is 79.9. The summed E-state index contributed by atoms with van der Waals surface area (Å²) in [5.41, 5.74) is 6.58. The van der Waals surface area contributed by atoms with Gasteiger partial charge >= 0.3 is 30.2 Å². The lowest BCUT2D eigenvalue weighted by Gasteiger charge is -2.20. The summed E-state index contributed by atoms with van der Waals surface area (Å²) in [5.74, 6) is -11.5. The molecule has 0 saturated heterocycles. The summed E-state index contributed by atoms with van der Waals surface area (Å²) in [7, 11) is 0. The second-order valence-electron chi connectivity index (χ2n) is 22.4. The van der Waals surface area contributed by atoms with Crippen LogP contribution in [0, 0.1) is 34.9 Å². The first-order chi connectivity index (χ1) is 55.0. The van der Waals surface area contributed by atoms with Crippen LogP contribution in [0.3, 0.4) is 0 Å². The number of urea groups is 5. The summed E-state index contributed by atoms with van der Waals surface area (Å²) in [4.78, 5) is 59.3. The van der Waals surface area contributed by atoms with Gasteiger partial charge in [-0.3, -0.25) is 21.0 Å². The number of nitrogens with one attached hydrogen (secondary N) is 15. The van der Waals surface area contributed by atoms with Gasteiger partial charge in [-0.1, -0.05) is 107 Å². The molecule has 0 bridgehead atoms. The largest absolute Gasteiger partial charge is 0.755 e. The molecule has 0 aromatic heterocycles. The summed E-state index contributed by atoms with van der Waals surface area (Å²) in [6, 6.07) is 68.4. The number of hydrogen-bond acceptors (Lipinski definition) is 15. The molecular weight excluding hydrogens is 1680 g/mol. The molecule has 11 aromatic carbocycles. The van der Waals surface area contributed by atoms with Crippen molar-refractivity contribution in [3.8, 4) is 0 Å². The molecule has 0 fully saturated rings. The van der Waals surface area contributed by atoms with Crippen molar-refractivity contribution in [1.82, 2.24) is 10.6 Å². The number of hydrogen-bond donors (Lipinski definition) is 15. The molecular formula is C73H61BrF6N15O15S5-5. The number of benzene rings is 11. The molecule has 0 aliphatic carbocycles. The van der Waals surface area contributed by atoms with Crippen LogP contribution in [0.5, 0.6) is 0 Å². The highest BCUT2D eigenvalue weighted by Gasteiger charge is 2.27. The number of halogens is 7. The Morgan fingerprint density at radius 1 is 0.287 bits per heavy atom. The third-order valence-corrected chi connectivity index (χ3v) is 16.7. The zero-order valence-electron chi connectivity index (χ0n) is 58.4. The van der Waals surface area contributed by atoms with E-state index in [0.29, 0.717) is 63.4 Å². The molecule has 15 N–H and O–H groups in total. The van der Waals surface area contributed by atoms with Gasteiger partial charge in [0.05, 0.1) is 6.04 Å². The van der Waals surface area contributed by atoms with Crippen molar-refractivity contribution in [1.29, 1.82) is 0 Å². The van der Waals surface area contributed by atoms with Gasteiger partial charge in [0.15, 0.2) is 23.3 Å². The van der Waals surface area contributed by atoms with Gasteiger partial charge in [-0.25, -0.2) is 50.3 Å². The van der Waals surface area contributed by atoms with Crippen molar-refractivity contribution in [2.45, 2.75) is 12.6 Å². The fourth-order valence-corrected chi connectivity index (χ4v) is 11.0. The Balaban J connectivity index is 0.000000200. The van der Waals surface area contributed by atoms with Gasteiger partial charge in [-0.05, 0) is 187 Å². The van der Waals surface area contributed by atoms with E-state index in [2.05, 4.69) is 82.7 Å². The molecule has 11 aromatic rings. The summed E-state index contributed by atoms with van der Waals surface area (Å²) in [6.07, 6.45) is 0. The molecule has 602 valence electrons. The highest BCUT2D eigenvalue weighted by molar-refractivity contribution is 9.10. The lowest BCUT2D eigenvalue weighted by Crippen LogP contribution is -2.33. The van der Waals surface area contributed by atoms with Crippen LogP contribution in [0.15, 0.2) is 265 Å². The second-order valence-corrected chi connectivity index (χ2v) is 26.7. The first-order valence-electron chi connectivity index (χ1n) is 32.3. The van der Waals surface area contributed by atoms with Crippen LogP contribution in [-0.4, -0.2) is 74.0 Å². The predicted octanol–water partition coefficient (Wildman–Crippen LogP) is 15.2. The van der Waals surface area contributed by atoms with Crippen LogP contribution in [-0.2, 0) is 62.9 Å². The Bertz CT molecular complexity index is 4970. The van der Waals surface area contributed by atoms with E-state index in [1.54, 1.807) is 97.1 Å². The van der Waals surface area contributed by atoms with Gasteiger partial charge in [0.25, 0.3) is 0 Å². The molecule has 5 atom stereocenters. The number of carbonyl (C=O) groups is 5. The molecule has 30 nitrogen and oxygen atoms in total. The summed E-state index contributed by atoms with van der Waals surface area (Å²) >= 11 is -8.75. The first-order valence-corrected chi connectivity index (χ1v) is 38.5. The molecule has 0 radical (unpaired) electrons. The molecule has 0 saturated carbocycles. The molecule has 0 aliphatic heterocycles. The predicted molar refractivity (Wildman–Crippen MR) is 429 cm³/mol. The van der Waals surface area contributed by atoms with Crippen LogP contribution >= 0.6 is 15.9 Å². The van der Waals surface area contributed by atoms with Crippen molar-refractivity contribution in [2.24, 2.45) is 0 Å². The lowest BCUT2D eigenvalue weighted by molar-refractivity contribution is 0.249. The van der Waals surface area contributed by atoms with Crippen molar-refractivity contribution in [3.63, 3.8) is 0 Å². The van der Waals surface area contributed by atoms with E-state index in [1.807, 2.05) is 108 Å². The molecule has 5 unspecified atom stereocenters. The van der Waals surface area contributed by atoms with Crippen LogP contribution in [0.25, 0.3) is 0 Å². The van der Waals surface area contributed by atoms with E-state index >= 15 is 0 Å². The van der Waals surface area contributed by atoms with Crippen LogP contribution in [0.2, 0.25) is 0 Å².